The zero-order chi connectivity index (χ0) is 16.8. The summed E-state index contributed by atoms with van der Waals surface area (Å²) in [5.74, 6) is -0.688. The molecule has 0 saturated carbocycles. The van der Waals surface area contributed by atoms with Crippen LogP contribution in [-0.4, -0.2) is 38.5 Å². The van der Waals surface area contributed by atoms with Gasteiger partial charge in [-0.3, -0.25) is 14.5 Å². The topological polar surface area (TPSA) is 51.0 Å². The van der Waals surface area contributed by atoms with Crippen molar-refractivity contribution in [2.45, 2.75) is 49.1 Å². The summed E-state index contributed by atoms with van der Waals surface area (Å²) in [7, 11) is 0. The normalized spacial score (nSPS) is 31.0. The van der Waals surface area contributed by atoms with E-state index < -0.39 is 22.3 Å². The van der Waals surface area contributed by atoms with Crippen molar-refractivity contribution in [1.29, 1.82) is 0 Å². The second-order valence-electron chi connectivity index (χ2n) is 6.54. The standard InChI is InChI=1S/C17H18N2O3S/c1-16(2)12(13(20)22-10-11-8-6-5-7-9-11)19-14(21)17(3,18-4)15(19)23-16/h5-9,12,15H,10H2,1-3H3/t12-,15+,17+/m0/s1. The summed E-state index contributed by atoms with van der Waals surface area (Å²) in [6, 6.07) is 8.79. The van der Waals surface area contributed by atoms with Gasteiger partial charge in [-0.05, 0) is 19.4 Å². The van der Waals surface area contributed by atoms with Crippen molar-refractivity contribution in [3.8, 4) is 0 Å². The van der Waals surface area contributed by atoms with Crippen molar-refractivity contribution >= 4 is 23.6 Å². The van der Waals surface area contributed by atoms with Crippen molar-refractivity contribution in [2.75, 3.05) is 0 Å². The lowest BCUT2D eigenvalue weighted by atomic mass is 9.87. The molecule has 120 valence electrons. The maximum absolute atomic E-state index is 12.6. The molecule has 2 fully saturated rings. The number of β-lactam (4-membered cyclic amide) rings is 1. The van der Waals surface area contributed by atoms with Gasteiger partial charge >= 0.3 is 17.4 Å². The molecule has 1 aromatic carbocycles. The first-order valence-electron chi connectivity index (χ1n) is 7.41. The molecule has 5 nitrogen and oxygen atoms in total. The van der Waals surface area contributed by atoms with E-state index in [1.165, 1.54) is 16.7 Å². The van der Waals surface area contributed by atoms with Gasteiger partial charge in [-0.2, -0.15) is 0 Å². The van der Waals surface area contributed by atoms with Crippen molar-refractivity contribution in [3.05, 3.63) is 47.3 Å². The highest BCUT2D eigenvalue weighted by molar-refractivity contribution is 8.01. The molecule has 23 heavy (non-hydrogen) atoms. The number of ether oxygens (including phenoxy) is 1. The Morgan fingerprint density at radius 1 is 1.35 bits per heavy atom. The molecule has 0 spiro atoms. The number of hydrogen-bond donors (Lipinski definition) is 0. The molecule has 0 aromatic heterocycles. The lowest BCUT2D eigenvalue weighted by molar-refractivity contribution is -0.166. The molecule has 3 rings (SSSR count). The molecular formula is C17H18N2O3S. The van der Waals surface area contributed by atoms with Crippen LogP contribution >= 0.6 is 11.8 Å². The Morgan fingerprint density at radius 2 is 2.00 bits per heavy atom. The number of benzene rings is 1. The van der Waals surface area contributed by atoms with E-state index in [-0.39, 0.29) is 17.9 Å². The number of carbonyl (C=O) groups is 2. The summed E-state index contributed by atoms with van der Waals surface area (Å²) in [5.41, 5.74) is -0.155. The second kappa shape index (κ2) is 5.27. The zero-order valence-corrected chi connectivity index (χ0v) is 14.1. The minimum atomic E-state index is -1.06. The Bertz CT molecular complexity index is 698. The average molecular weight is 330 g/mol. The highest BCUT2D eigenvalue weighted by Gasteiger charge is 2.74. The summed E-state index contributed by atoms with van der Waals surface area (Å²) in [6.45, 7) is 12.9. The van der Waals surface area contributed by atoms with Crippen molar-refractivity contribution in [2.24, 2.45) is 0 Å². The molecule has 6 heteroatoms. The third-order valence-electron chi connectivity index (χ3n) is 4.43. The fourth-order valence-corrected chi connectivity index (χ4v) is 4.73. The van der Waals surface area contributed by atoms with Crippen LogP contribution in [0.25, 0.3) is 4.85 Å². The van der Waals surface area contributed by atoms with Crippen molar-refractivity contribution in [1.82, 2.24) is 4.90 Å². The molecule has 1 aromatic rings. The first-order chi connectivity index (χ1) is 10.8. The van der Waals surface area contributed by atoms with Gasteiger partial charge in [0.1, 0.15) is 12.6 Å². The van der Waals surface area contributed by atoms with E-state index in [0.29, 0.717) is 0 Å². The highest BCUT2D eigenvalue weighted by Crippen LogP contribution is 2.56. The van der Waals surface area contributed by atoms with Crippen LogP contribution in [0.4, 0.5) is 0 Å². The van der Waals surface area contributed by atoms with Crippen LogP contribution in [0.2, 0.25) is 0 Å². The quantitative estimate of drug-likeness (QED) is 0.485. The van der Waals surface area contributed by atoms with E-state index >= 15 is 0 Å². The van der Waals surface area contributed by atoms with Crippen molar-refractivity contribution in [3.63, 3.8) is 0 Å². The third kappa shape index (κ3) is 2.31. The summed E-state index contributed by atoms with van der Waals surface area (Å²) in [4.78, 5) is 29.9. The zero-order valence-electron chi connectivity index (χ0n) is 13.3. The molecule has 2 heterocycles. The summed E-state index contributed by atoms with van der Waals surface area (Å²) in [5, 5.41) is -0.281. The number of thioether (sulfide) groups is 1. The fraction of sp³-hybridized carbons (Fsp3) is 0.471. The van der Waals surface area contributed by atoms with Gasteiger partial charge in [-0.15, -0.1) is 11.8 Å². The minimum absolute atomic E-state index is 0.184. The first kappa shape index (κ1) is 15.9. The minimum Gasteiger partial charge on any atom is -0.459 e. The lowest BCUT2D eigenvalue weighted by Crippen LogP contribution is -2.70. The number of rotatable bonds is 3. The van der Waals surface area contributed by atoms with Gasteiger partial charge in [0.2, 0.25) is 0 Å². The number of nitrogens with zero attached hydrogens (tertiary/aromatic N) is 2. The van der Waals surface area contributed by atoms with E-state index in [4.69, 9.17) is 11.3 Å². The smallest absolute Gasteiger partial charge is 0.335 e. The summed E-state index contributed by atoms with van der Waals surface area (Å²) >= 11 is 1.50. The molecule has 2 saturated heterocycles. The van der Waals surface area contributed by atoms with Crippen LogP contribution in [0.15, 0.2) is 30.3 Å². The lowest BCUT2D eigenvalue weighted by Gasteiger charge is -2.43. The molecule has 0 radical (unpaired) electrons. The number of amides is 1. The van der Waals surface area contributed by atoms with Gasteiger partial charge in [0.25, 0.3) is 0 Å². The van der Waals surface area contributed by atoms with Gasteiger partial charge < -0.3 is 4.74 Å². The fourth-order valence-electron chi connectivity index (χ4n) is 3.10. The molecule has 0 aliphatic carbocycles. The number of fused-ring (bicyclic) bond motifs is 1. The average Bonchev–Trinajstić information content (AvgIpc) is 2.82. The van der Waals surface area contributed by atoms with E-state index in [1.807, 2.05) is 44.2 Å². The Kier molecular flexibility index (Phi) is 3.64. The number of hydrogen-bond acceptors (Lipinski definition) is 4. The van der Waals surface area contributed by atoms with Crippen LogP contribution in [0.1, 0.15) is 26.3 Å². The maximum Gasteiger partial charge on any atom is 0.335 e. The van der Waals surface area contributed by atoms with Crippen LogP contribution in [-0.2, 0) is 20.9 Å². The van der Waals surface area contributed by atoms with Gasteiger partial charge in [0.05, 0.1) is 0 Å². The van der Waals surface area contributed by atoms with Gasteiger partial charge in [0, 0.05) is 11.7 Å². The summed E-state index contributed by atoms with van der Waals surface area (Å²) in [6.07, 6.45) is 0. The van der Waals surface area contributed by atoms with Crippen LogP contribution < -0.4 is 0 Å². The molecule has 0 unspecified atom stereocenters. The van der Waals surface area contributed by atoms with E-state index in [0.717, 1.165) is 5.56 Å². The maximum atomic E-state index is 12.6. The monoisotopic (exact) mass is 330 g/mol. The largest absolute Gasteiger partial charge is 0.459 e. The number of carbonyl (C=O) groups excluding carboxylic acids is 2. The highest BCUT2D eigenvalue weighted by atomic mass is 32.2. The Hall–Kier alpha value is -2.00. The summed E-state index contributed by atoms with van der Waals surface area (Å²) < 4.78 is 4.95. The van der Waals surface area contributed by atoms with E-state index in [1.54, 1.807) is 6.92 Å². The van der Waals surface area contributed by atoms with Crippen molar-refractivity contribution < 1.29 is 14.3 Å². The Balaban J connectivity index is 1.75. The molecule has 2 aliphatic heterocycles. The van der Waals surface area contributed by atoms with Gasteiger partial charge in [0.15, 0.2) is 5.37 Å². The van der Waals surface area contributed by atoms with Crippen LogP contribution in [0.3, 0.4) is 0 Å². The van der Waals surface area contributed by atoms with Gasteiger partial charge in [-0.1, -0.05) is 30.3 Å². The molecule has 0 N–H and O–H groups in total. The SMILES string of the molecule is [C-]#[N+][C@]1(C)C(=O)N2[C@@H](C(=O)OCc3ccccc3)C(C)(C)S[C@@H]21. The molecule has 3 atom stereocenters. The van der Waals surface area contributed by atoms with E-state index in [9.17, 15) is 9.59 Å². The number of esters is 1. The predicted molar refractivity (Wildman–Crippen MR) is 87.3 cm³/mol. The van der Waals surface area contributed by atoms with Crippen LogP contribution in [0.5, 0.6) is 0 Å². The second-order valence-corrected chi connectivity index (χ2v) is 8.28. The third-order valence-corrected chi connectivity index (χ3v) is 6.17. The van der Waals surface area contributed by atoms with E-state index in [2.05, 4.69) is 4.85 Å². The molecule has 2 aliphatic rings. The molecule has 1 amide bonds. The molecular weight excluding hydrogens is 312 g/mol. The first-order valence-corrected chi connectivity index (χ1v) is 8.29. The Labute approximate surface area is 139 Å². The Morgan fingerprint density at radius 3 is 2.61 bits per heavy atom. The van der Waals surface area contributed by atoms with Crippen LogP contribution in [0, 0.1) is 6.57 Å². The molecule has 0 bridgehead atoms. The van der Waals surface area contributed by atoms with Gasteiger partial charge in [-0.25, -0.2) is 11.4 Å². The predicted octanol–water partition coefficient (Wildman–Crippen LogP) is 2.47.